The molecule has 9 aromatic carbocycles. The topological polar surface area (TPSA) is 8.17 Å². The van der Waals surface area contributed by atoms with Gasteiger partial charge in [0.1, 0.15) is 0 Å². The molecule has 1 aromatic heterocycles. The zero-order valence-corrected chi connectivity index (χ0v) is 30.8. The number of fused-ring (bicyclic) bond motifs is 3. The van der Waals surface area contributed by atoms with E-state index in [1.165, 1.54) is 66.3 Å². The highest BCUT2D eigenvalue weighted by Gasteiger charge is 2.19. The van der Waals surface area contributed by atoms with Gasteiger partial charge in [-0.1, -0.05) is 176 Å². The molecule has 0 bridgehead atoms. The lowest BCUT2D eigenvalue weighted by molar-refractivity contribution is 1.18. The molecule has 1 heterocycles. The van der Waals surface area contributed by atoms with Crippen LogP contribution in [0.4, 0.5) is 17.1 Å². The Morgan fingerprint density at radius 1 is 0.286 bits per heavy atom. The number of hydrogen-bond donors (Lipinski definition) is 0. The predicted octanol–water partition coefficient (Wildman–Crippen LogP) is 14.9. The normalized spacial score (nSPS) is 11.2. The Kier molecular flexibility index (Phi) is 8.55. The minimum absolute atomic E-state index is 1.09. The van der Waals surface area contributed by atoms with Crippen molar-refractivity contribution >= 4 is 38.9 Å². The number of rotatable bonds is 8. The van der Waals surface area contributed by atoms with Gasteiger partial charge in [-0.25, -0.2) is 0 Å². The van der Waals surface area contributed by atoms with Crippen LogP contribution in [0.5, 0.6) is 0 Å². The van der Waals surface area contributed by atoms with Gasteiger partial charge in [-0.3, -0.25) is 0 Å². The lowest BCUT2D eigenvalue weighted by Crippen LogP contribution is -2.11. The molecule has 0 atom stereocenters. The Labute approximate surface area is 327 Å². The number of aromatic nitrogens is 1. The summed E-state index contributed by atoms with van der Waals surface area (Å²) in [6.45, 7) is 0. The number of para-hydroxylation sites is 3. The quantitative estimate of drug-likeness (QED) is 0.152. The molecular formula is C54H38N2. The van der Waals surface area contributed by atoms with Gasteiger partial charge in [-0.2, -0.15) is 0 Å². The lowest BCUT2D eigenvalue weighted by Gasteiger charge is -2.28. The Balaban J connectivity index is 1.07. The van der Waals surface area contributed by atoms with Crippen molar-refractivity contribution in [3.05, 3.63) is 231 Å². The summed E-state index contributed by atoms with van der Waals surface area (Å²) in [6, 6.07) is 83.0. The summed E-state index contributed by atoms with van der Waals surface area (Å²) < 4.78 is 2.38. The van der Waals surface area contributed by atoms with Crippen LogP contribution in [-0.4, -0.2) is 4.57 Å². The minimum atomic E-state index is 1.09. The summed E-state index contributed by atoms with van der Waals surface area (Å²) in [7, 11) is 0. The molecular weight excluding hydrogens is 677 g/mol. The number of anilines is 3. The van der Waals surface area contributed by atoms with Crippen LogP contribution in [0, 0.1) is 0 Å². The van der Waals surface area contributed by atoms with E-state index >= 15 is 0 Å². The van der Waals surface area contributed by atoms with E-state index in [9.17, 15) is 0 Å². The molecule has 0 saturated carbocycles. The van der Waals surface area contributed by atoms with E-state index in [1.54, 1.807) is 0 Å². The Morgan fingerprint density at radius 3 is 1.43 bits per heavy atom. The van der Waals surface area contributed by atoms with Crippen LogP contribution in [0.3, 0.4) is 0 Å². The van der Waals surface area contributed by atoms with Gasteiger partial charge in [0.15, 0.2) is 0 Å². The van der Waals surface area contributed by atoms with Crippen molar-refractivity contribution in [3.8, 4) is 50.2 Å². The third-order valence-corrected chi connectivity index (χ3v) is 10.8. The molecule has 2 heteroatoms. The summed E-state index contributed by atoms with van der Waals surface area (Å²) in [6.07, 6.45) is 0. The number of benzene rings is 9. The van der Waals surface area contributed by atoms with Crippen LogP contribution in [0.1, 0.15) is 0 Å². The summed E-state index contributed by atoms with van der Waals surface area (Å²) in [5.74, 6) is 0. The molecule has 0 amide bonds. The van der Waals surface area contributed by atoms with Crippen molar-refractivity contribution in [1.29, 1.82) is 0 Å². The van der Waals surface area contributed by atoms with Gasteiger partial charge in [-0.05, 0) is 93.5 Å². The summed E-state index contributed by atoms with van der Waals surface area (Å²) in [5, 5.41) is 2.53. The second kappa shape index (κ2) is 14.4. The molecule has 0 spiro atoms. The van der Waals surface area contributed by atoms with Crippen molar-refractivity contribution in [1.82, 2.24) is 4.57 Å². The second-order valence-corrected chi connectivity index (χ2v) is 14.2. The molecule has 2 nitrogen and oxygen atoms in total. The van der Waals surface area contributed by atoms with E-state index < -0.39 is 0 Å². The molecule has 56 heavy (non-hydrogen) atoms. The lowest BCUT2D eigenvalue weighted by atomic mass is 9.97. The fourth-order valence-corrected chi connectivity index (χ4v) is 8.10. The van der Waals surface area contributed by atoms with Crippen molar-refractivity contribution < 1.29 is 0 Å². The van der Waals surface area contributed by atoms with Crippen LogP contribution in [0.2, 0.25) is 0 Å². The third-order valence-electron chi connectivity index (χ3n) is 10.8. The van der Waals surface area contributed by atoms with Crippen molar-refractivity contribution in [2.24, 2.45) is 0 Å². The molecule has 10 aromatic rings. The average molecular weight is 715 g/mol. The summed E-state index contributed by atoms with van der Waals surface area (Å²) in [5.41, 5.74) is 16.3. The third kappa shape index (κ3) is 6.14. The van der Waals surface area contributed by atoms with Crippen LogP contribution in [0.25, 0.3) is 72.0 Å². The highest BCUT2D eigenvalue weighted by molar-refractivity contribution is 6.09. The molecule has 0 saturated heterocycles. The van der Waals surface area contributed by atoms with Gasteiger partial charge in [0.2, 0.25) is 0 Å². The molecule has 0 aliphatic rings. The Morgan fingerprint density at radius 2 is 0.750 bits per heavy atom. The maximum Gasteiger partial charge on any atom is 0.0541 e. The maximum atomic E-state index is 2.39. The van der Waals surface area contributed by atoms with Gasteiger partial charge < -0.3 is 9.47 Å². The Bertz CT molecular complexity index is 2890. The van der Waals surface area contributed by atoms with Crippen LogP contribution >= 0.6 is 0 Å². The van der Waals surface area contributed by atoms with Gasteiger partial charge in [-0.15, -0.1) is 0 Å². The van der Waals surface area contributed by atoms with Crippen molar-refractivity contribution in [2.75, 3.05) is 4.90 Å². The number of hydrogen-bond acceptors (Lipinski definition) is 1. The molecule has 0 unspecified atom stereocenters. The minimum Gasteiger partial charge on any atom is -0.310 e. The van der Waals surface area contributed by atoms with Gasteiger partial charge >= 0.3 is 0 Å². The second-order valence-electron chi connectivity index (χ2n) is 14.2. The zero-order valence-electron chi connectivity index (χ0n) is 30.8. The van der Waals surface area contributed by atoms with Crippen LogP contribution in [0.15, 0.2) is 231 Å². The monoisotopic (exact) mass is 714 g/mol. The fourth-order valence-electron chi connectivity index (χ4n) is 8.10. The number of nitrogens with zero attached hydrogens (tertiary/aromatic N) is 2. The molecule has 10 rings (SSSR count). The van der Waals surface area contributed by atoms with E-state index in [0.717, 1.165) is 22.7 Å². The van der Waals surface area contributed by atoms with E-state index in [1.807, 2.05) is 0 Å². The summed E-state index contributed by atoms with van der Waals surface area (Å²) >= 11 is 0. The van der Waals surface area contributed by atoms with Crippen molar-refractivity contribution in [3.63, 3.8) is 0 Å². The molecule has 0 aliphatic carbocycles. The predicted molar refractivity (Wildman–Crippen MR) is 237 cm³/mol. The smallest absolute Gasteiger partial charge is 0.0541 e. The van der Waals surface area contributed by atoms with Crippen molar-refractivity contribution in [2.45, 2.75) is 0 Å². The maximum absolute atomic E-state index is 2.39. The van der Waals surface area contributed by atoms with Gasteiger partial charge in [0.05, 0.1) is 16.7 Å². The molecule has 0 radical (unpaired) electrons. The first-order chi connectivity index (χ1) is 27.8. The van der Waals surface area contributed by atoms with Gasteiger partial charge in [0, 0.05) is 33.4 Å². The van der Waals surface area contributed by atoms with E-state index in [-0.39, 0.29) is 0 Å². The average Bonchev–Trinajstić information content (AvgIpc) is 3.62. The van der Waals surface area contributed by atoms with Crippen LogP contribution in [-0.2, 0) is 0 Å². The zero-order chi connectivity index (χ0) is 37.3. The highest BCUT2D eigenvalue weighted by atomic mass is 15.1. The molecule has 0 aliphatic heterocycles. The summed E-state index contributed by atoms with van der Waals surface area (Å²) in [4.78, 5) is 2.39. The molecule has 0 N–H and O–H groups in total. The molecule has 264 valence electrons. The largest absolute Gasteiger partial charge is 0.310 e. The fraction of sp³-hybridized carbons (Fsp3) is 0. The molecule has 0 fully saturated rings. The first kappa shape index (κ1) is 33.2. The van der Waals surface area contributed by atoms with E-state index in [0.29, 0.717) is 0 Å². The van der Waals surface area contributed by atoms with Crippen LogP contribution < -0.4 is 4.90 Å². The first-order valence-corrected chi connectivity index (χ1v) is 19.2. The standard InChI is InChI=1S/C54H38N2/c1-3-15-39(16-4-1)41-29-31-43(32-30-41)49-23-7-10-26-52(49)55(47-21-13-19-44(37-47)40-17-5-2-6-18-40)46-35-33-42(34-36-46)45-20-14-22-48(38-45)56-53-27-11-8-24-50(53)51-25-9-12-28-54(51)56/h1-38H. The van der Waals surface area contributed by atoms with E-state index in [2.05, 4.69) is 240 Å². The van der Waals surface area contributed by atoms with E-state index in [4.69, 9.17) is 0 Å². The first-order valence-electron chi connectivity index (χ1n) is 19.2. The van der Waals surface area contributed by atoms with Gasteiger partial charge in [0.25, 0.3) is 0 Å². The highest BCUT2D eigenvalue weighted by Crippen LogP contribution is 2.43. The SMILES string of the molecule is c1ccc(-c2ccc(-c3ccccc3N(c3ccc(-c4cccc(-n5c6ccccc6c6ccccc65)c4)cc3)c3cccc(-c4ccccc4)c3)cc2)cc1. The Hall–Kier alpha value is -7.42.